The first-order chi connectivity index (χ1) is 25.4. The van der Waals surface area contributed by atoms with Gasteiger partial charge in [-0.3, -0.25) is 9.59 Å². The number of rotatable bonds is 14. The molecule has 11 nitrogen and oxygen atoms in total. The second-order valence-corrected chi connectivity index (χ2v) is 14.0. The molecule has 0 bridgehead atoms. The van der Waals surface area contributed by atoms with E-state index in [0.29, 0.717) is 59.3 Å². The molecule has 0 spiro atoms. The zero-order valence-electron chi connectivity index (χ0n) is 30.7. The number of ether oxygens (including phenoxy) is 4. The molecule has 5 aromatic rings. The first-order valence-corrected chi connectivity index (χ1v) is 18.0. The first kappa shape index (κ1) is 38.4. The molecule has 0 radical (unpaired) electrons. The molecule has 0 saturated heterocycles. The minimum atomic E-state index is -0.583. The van der Waals surface area contributed by atoms with E-state index < -0.39 is 17.6 Å². The number of methoxy groups -OCH3 is 1. The molecule has 5 rings (SSSR count). The number of aryl methyl sites for hydroxylation is 1. The number of para-hydroxylation sites is 1. The first-order valence-electron chi connectivity index (χ1n) is 17.1. The number of alkyl carbamates (subject to hydrolysis) is 1. The SMILES string of the molecule is COc1cc(C(=O)N(C)c2ccc(C)cc2OCc2ccc(-c3nccs3)cc2)ccc1NC(=O)c1ccccc1OCCCNC(=O)OC(C)(C)C. The summed E-state index contributed by atoms with van der Waals surface area (Å²) in [6.45, 7) is 8.29. The standard InChI is InChI=1S/C41H44N4O7S/c1-27-12-19-33(36(24-27)51-26-28-13-15-29(16-14-28)38-42-21-23-53-38)45(5)39(47)30-17-18-32(35(25-30)49-6)44-37(46)31-10-7-8-11-34(31)50-22-9-20-43-40(48)52-41(2,3)4/h7-8,10-19,21,23-25H,9,20,22,26H2,1-6H3,(H,43,48)(H,44,46). The van der Waals surface area contributed by atoms with Crippen LogP contribution in [-0.2, 0) is 11.3 Å². The van der Waals surface area contributed by atoms with Crippen LogP contribution in [0.2, 0.25) is 0 Å². The van der Waals surface area contributed by atoms with Crippen molar-refractivity contribution in [2.75, 3.05) is 37.5 Å². The van der Waals surface area contributed by atoms with E-state index in [0.717, 1.165) is 21.7 Å². The Morgan fingerprint density at radius 1 is 0.887 bits per heavy atom. The summed E-state index contributed by atoms with van der Waals surface area (Å²) in [5.41, 5.74) is 4.10. The number of hydrogen-bond acceptors (Lipinski definition) is 9. The number of anilines is 2. The number of carbonyl (C=O) groups excluding carboxylic acids is 3. The highest BCUT2D eigenvalue weighted by Crippen LogP contribution is 2.33. The van der Waals surface area contributed by atoms with Gasteiger partial charge in [0, 0.05) is 36.3 Å². The predicted octanol–water partition coefficient (Wildman–Crippen LogP) is 8.53. The highest BCUT2D eigenvalue weighted by molar-refractivity contribution is 7.13. The third kappa shape index (κ3) is 10.6. The lowest BCUT2D eigenvalue weighted by molar-refractivity contribution is 0.0525. The molecule has 276 valence electrons. The van der Waals surface area contributed by atoms with Gasteiger partial charge >= 0.3 is 6.09 Å². The van der Waals surface area contributed by atoms with Gasteiger partial charge in [0.2, 0.25) is 0 Å². The van der Waals surface area contributed by atoms with Crippen LogP contribution in [0.15, 0.2) is 96.5 Å². The fraction of sp³-hybridized carbons (Fsp3) is 0.268. The molecule has 0 aliphatic rings. The van der Waals surface area contributed by atoms with Crippen LogP contribution in [0.4, 0.5) is 16.2 Å². The van der Waals surface area contributed by atoms with Gasteiger partial charge in [-0.05, 0) is 87.7 Å². The molecule has 0 aliphatic heterocycles. The Labute approximate surface area is 313 Å². The van der Waals surface area contributed by atoms with Crippen molar-refractivity contribution in [3.8, 4) is 27.8 Å². The summed E-state index contributed by atoms with van der Waals surface area (Å²) in [6, 6.07) is 25.5. The largest absolute Gasteiger partial charge is 0.495 e. The van der Waals surface area contributed by atoms with Gasteiger partial charge in [0.25, 0.3) is 11.8 Å². The van der Waals surface area contributed by atoms with Crippen LogP contribution in [0.1, 0.15) is 59.0 Å². The normalized spacial score (nSPS) is 11.0. The van der Waals surface area contributed by atoms with E-state index >= 15 is 0 Å². The van der Waals surface area contributed by atoms with Gasteiger partial charge in [0.1, 0.15) is 34.5 Å². The Morgan fingerprint density at radius 2 is 1.66 bits per heavy atom. The van der Waals surface area contributed by atoms with E-state index in [4.69, 9.17) is 18.9 Å². The Bertz CT molecular complexity index is 2030. The van der Waals surface area contributed by atoms with Gasteiger partial charge in [-0.1, -0.05) is 42.5 Å². The fourth-order valence-electron chi connectivity index (χ4n) is 5.24. The van der Waals surface area contributed by atoms with Crippen LogP contribution >= 0.6 is 11.3 Å². The van der Waals surface area contributed by atoms with Gasteiger partial charge in [0.05, 0.1) is 30.7 Å². The second-order valence-electron chi connectivity index (χ2n) is 13.2. The topological polar surface area (TPSA) is 128 Å². The summed E-state index contributed by atoms with van der Waals surface area (Å²) >= 11 is 1.59. The lowest BCUT2D eigenvalue weighted by Gasteiger charge is -2.22. The number of hydrogen-bond donors (Lipinski definition) is 2. The van der Waals surface area contributed by atoms with Crippen LogP contribution in [0.25, 0.3) is 10.6 Å². The molecule has 0 atom stereocenters. The Morgan fingerprint density at radius 3 is 2.38 bits per heavy atom. The van der Waals surface area contributed by atoms with E-state index in [2.05, 4.69) is 15.6 Å². The molecule has 4 aromatic carbocycles. The summed E-state index contributed by atoms with van der Waals surface area (Å²) < 4.78 is 23.0. The van der Waals surface area contributed by atoms with Gasteiger partial charge in [-0.15, -0.1) is 11.3 Å². The molecule has 1 aromatic heterocycles. The molecule has 2 N–H and O–H groups in total. The van der Waals surface area contributed by atoms with Crippen molar-refractivity contribution in [1.29, 1.82) is 0 Å². The zero-order valence-corrected chi connectivity index (χ0v) is 31.5. The monoisotopic (exact) mass is 736 g/mol. The number of benzene rings is 4. The number of nitrogens with one attached hydrogen (secondary N) is 2. The molecule has 0 unspecified atom stereocenters. The number of aromatic nitrogens is 1. The van der Waals surface area contributed by atoms with Crippen molar-refractivity contribution in [3.63, 3.8) is 0 Å². The average molecular weight is 737 g/mol. The summed E-state index contributed by atoms with van der Waals surface area (Å²) in [5, 5.41) is 8.47. The van der Waals surface area contributed by atoms with Crippen LogP contribution < -0.4 is 29.7 Å². The molecule has 0 fully saturated rings. The minimum Gasteiger partial charge on any atom is -0.495 e. The van der Waals surface area contributed by atoms with Crippen molar-refractivity contribution in [3.05, 3.63) is 119 Å². The average Bonchev–Trinajstić information content (AvgIpc) is 3.68. The van der Waals surface area contributed by atoms with Gasteiger partial charge < -0.3 is 34.5 Å². The van der Waals surface area contributed by atoms with Crippen molar-refractivity contribution in [2.45, 2.75) is 46.3 Å². The van der Waals surface area contributed by atoms with E-state index in [9.17, 15) is 14.4 Å². The number of amides is 3. The molecule has 0 saturated carbocycles. The summed E-state index contributed by atoms with van der Waals surface area (Å²) in [5.74, 6) is 0.564. The minimum absolute atomic E-state index is 0.266. The summed E-state index contributed by atoms with van der Waals surface area (Å²) in [6.07, 6.45) is 1.79. The van der Waals surface area contributed by atoms with Crippen molar-refractivity contribution >= 4 is 40.6 Å². The predicted molar refractivity (Wildman–Crippen MR) is 208 cm³/mol. The highest BCUT2D eigenvalue weighted by atomic mass is 32.1. The summed E-state index contributed by atoms with van der Waals surface area (Å²) in [7, 11) is 3.16. The van der Waals surface area contributed by atoms with Crippen LogP contribution in [0, 0.1) is 6.92 Å². The number of thiazole rings is 1. The van der Waals surface area contributed by atoms with E-state index in [1.807, 2.05) is 54.8 Å². The maximum Gasteiger partial charge on any atom is 0.407 e. The summed E-state index contributed by atoms with van der Waals surface area (Å²) in [4.78, 5) is 45.0. The van der Waals surface area contributed by atoms with Gasteiger partial charge in [-0.2, -0.15) is 0 Å². The zero-order chi connectivity index (χ0) is 38.0. The van der Waals surface area contributed by atoms with Gasteiger partial charge in [0.15, 0.2) is 0 Å². The molecule has 53 heavy (non-hydrogen) atoms. The Balaban J connectivity index is 1.22. The Hall–Kier alpha value is -5.88. The lowest BCUT2D eigenvalue weighted by atomic mass is 10.1. The maximum absolute atomic E-state index is 13.8. The second kappa shape index (κ2) is 17.6. The van der Waals surface area contributed by atoms with E-state index in [-0.39, 0.29) is 12.5 Å². The van der Waals surface area contributed by atoms with Crippen molar-refractivity contribution in [2.24, 2.45) is 0 Å². The van der Waals surface area contributed by atoms with E-state index in [1.165, 1.54) is 12.0 Å². The van der Waals surface area contributed by atoms with Gasteiger partial charge in [-0.25, -0.2) is 9.78 Å². The lowest BCUT2D eigenvalue weighted by Crippen LogP contribution is -2.33. The molecule has 0 aliphatic carbocycles. The van der Waals surface area contributed by atoms with Crippen molar-refractivity contribution in [1.82, 2.24) is 10.3 Å². The van der Waals surface area contributed by atoms with Crippen LogP contribution in [-0.4, -0.2) is 55.8 Å². The van der Waals surface area contributed by atoms with E-state index in [1.54, 1.807) is 87.8 Å². The number of nitrogens with zero attached hydrogens (tertiary/aromatic N) is 2. The third-order valence-corrected chi connectivity index (χ3v) is 8.71. The van der Waals surface area contributed by atoms with Crippen LogP contribution in [0.5, 0.6) is 17.2 Å². The molecule has 3 amide bonds. The van der Waals surface area contributed by atoms with Crippen LogP contribution in [0.3, 0.4) is 0 Å². The molecular weight excluding hydrogens is 693 g/mol. The molecular formula is C41H44N4O7S. The highest BCUT2D eigenvalue weighted by Gasteiger charge is 2.21. The maximum atomic E-state index is 13.8. The van der Waals surface area contributed by atoms with Crippen molar-refractivity contribution < 1.29 is 33.3 Å². The quantitative estimate of drug-likeness (QED) is 0.109. The fourth-order valence-corrected chi connectivity index (χ4v) is 5.89. The molecule has 1 heterocycles. The Kier molecular flexibility index (Phi) is 12.7. The third-order valence-electron chi connectivity index (χ3n) is 7.88. The number of carbonyl (C=O) groups is 3. The molecule has 12 heteroatoms. The smallest absolute Gasteiger partial charge is 0.407 e.